The number of thioether (sulfide) groups is 1. The molecule has 1 rings (SSSR count). The Hall–Kier alpha value is 0.589. The minimum absolute atomic E-state index is 0.620. The van der Waals surface area contributed by atoms with Crippen LogP contribution in [0.15, 0.2) is 17.2 Å². The zero-order valence-corrected chi connectivity index (χ0v) is 20.4. The first kappa shape index (κ1) is 22.6. The van der Waals surface area contributed by atoms with E-state index in [0.29, 0.717) is 8.58 Å². The normalized spacial score (nSPS) is 11.9. The van der Waals surface area contributed by atoms with Crippen LogP contribution in [0.5, 0.6) is 0 Å². The molecule has 0 N–H and O–H groups in total. The number of halogens is 1. The third kappa shape index (κ3) is 7.86. The average Bonchev–Trinajstić information content (AvgIpc) is 2.59. The number of rotatable bonds is 13. The molecule has 0 atom stereocenters. The monoisotopic (exact) mass is 475 g/mol. The van der Waals surface area contributed by atoms with Crippen molar-refractivity contribution in [3.05, 3.63) is 17.4 Å². The van der Waals surface area contributed by atoms with Gasteiger partial charge in [-0.3, -0.25) is 0 Å². The summed E-state index contributed by atoms with van der Waals surface area (Å²) in [6, 6.07) is 2.37. The number of unbranched alkanes of at least 4 members (excludes halogenated alkanes) is 3. The maximum atomic E-state index is 6.28. The van der Waals surface area contributed by atoms with Gasteiger partial charge in [0.1, 0.15) is 0 Å². The summed E-state index contributed by atoms with van der Waals surface area (Å²) >= 11 is 7.42. The molecule has 1 aromatic rings. The summed E-state index contributed by atoms with van der Waals surface area (Å²) in [5.41, 5.74) is 0. The molecule has 1 aromatic heterocycles. The molecule has 0 amide bonds. The van der Waals surface area contributed by atoms with Crippen LogP contribution in [0.3, 0.4) is 0 Å². The first-order valence-electron chi connectivity index (χ1n) is 9.67. The zero-order chi connectivity index (χ0) is 17.8. The Kier molecular flexibility index (Phi) is 12.1. The molecule has 0 spiro atoms. The predicted octanol–water partition coefficient (Wildman–Crippen LogP) is 6.91. The summed E-state index contributed by atoms with van der Waals surface area (Å²) in [5.74, 6) is 1.06. The van der Waals surface area contributed by atoms with Gasteiger partial charge in [-0.1, -0.05) is 0 Å². The van der Waals surface area contributed by atoms with Gasteiger partial charge in [-0.2, -0.15) is 0 Å². The standard InChI is InChI=1S/C13H27.C7H7ClNS.Sn/c1-4-7-10-13(11-8-5-2)12-9-6-3;1-2-10-6-4-3-5-9-7(6)8;/h4-12H2,1-3H3;4-5H,2H2,1H3;. The molecule has 0 aromatic carbocycles. The van der Waals surface area contributed by atoms with Crippen LogP contribution in [0.1, 0.15) is 85.5 Å². The summed E-state index contributed by atoms with van der Waals surface area (Å²) in [7, 11) is 0. The van der Waals surface area contributed by atoms with Crippen molar-refractivity contribution in [1.82, 2.24) is 4.98 Å². The van der Waals surface area contributed by atoms with Gasteiger partial charge in [-0.05, 0) is 0 Å². The van der Waals surface area contributed by atoms with Gasteiger partial charge in [0.15, 0.2) is 0 Å². The second-order valence-electron chi connectivity index (χ2n) is 6.66. The Morgan fingerprint density at radius 2 is 1.54 bits per heavy atom. The van der Waals surface area contributed by atoms with E-state index in [2.05, 4.69) is 44.9 Å². The van der Waals surface area contributed by atoms with Crippen molar-refractivity contribution in [3.63, 3.8) is 0 Å². The topological polar surface area (TPSA) is 12.9 Å². The SMILES string of the molecule is CCCC[C](CCCC)(CCCC)[Sn][c]1cnc(Cl)c(SCC)c1. The number of aromatic nitrogens is 1. The van der Waals surface area contributed by atoms with E-state index in [4.69, 9.17) is 11.6 Å². The Morgan fingerprint density at radius 1 is 1.00 bits per heavy atom. The van der Waals surface area contributed by atoms with E-state index < -0.39 is 21.1 Å². The number of hydrogen-bond acceptors (Lipinski definition) is 2. The maximum absolute atomic E-state index is 6.28. The third-order valence-corrected chi connectivity index (χ3v) is 11.1. The molecule has 0 bridgehead atoms. The number of pyridine rings is 1. The summed E-state index contributed by atoms with van der Waals surface area (Å²) < 4.78 is 2.16. The van der Waals surface area contributed by atoms with Gasteiger partial charge < -0.3 is 0 Å². The van der Waals surface area contributed by atoms with Crippen molar-refractivity contribution in [1.29, 1.82) is 0 Å². The fourth-order valence-electron chi connectivity index (χ4n) is 3.17. The van der Waals surface area contributed by atoms with Crippen LogP contribution in [0, 0.1) is 0 Å². The van der Waals surface area contributed by atoms with Crippen molar-refractivity contribution in [3.8, 4) is 0 Å². The molecule has 1 nitrogen and oxygen atoms in total. The minimum atomic E-state index is -0.693. The van der Waals surface area contributed by atoms with Gasteiger partial charge >= 0.3 is 170 Å². The van der Waals surface area contributed by atoms with Crippen LogP contribution < -0.4 is 3.58 Å². The molecule has 0 fully saturated rings. The summed E-state index contributed by atoms with van der Waals surface area (Å²) in [6.07, 6.45) is 14.5. The van der Waals surface area contributed by atoms with Gasteiger partial charge in [0.25, 0.3) is 0 Å². The van der Waals surface area contributed by atoms with Crippen LogP contribution in [0.4, 0.5) is 0 Å². The predicted molar refractivity (Wildman–Crippen MR) is 112 cm³/mol. The third-order valence-electron chi connectivity index (χ3n) is 4.54. The number of nitrogens with zero attached hydrogens (tertiary/aromatic N) is 1. The molecule has 0 aliphatic heterocycles. The van der Waals surface area contributed by atoms with E-state index in [9.17, 15) is 0 Å². The molecule has 0 aliphatic rings. The molecule has 0 saturated carbocycles. The first-order chi connectivity index (χ1) is 11.6. The fourth-order valence-corrected chi connectivity index (χ4v) is 9.74. The second-order valence-corrected chi connectivity index (χ2v) is 13.7. The Bertz CT molecular complexity index is 445. The van der Waals surface area contributed by atoms with Crippen molar-refractivity contribution >= 4 is 48.1 Å². The average molecular weight is 475 g/mol. The Morgan fingerprint density at radius 3 is 2.00 bits per heavy atom. The zero-order valence-electron chi connectivity index (χ0n) is 16.0. The molecule has 1 heterocycles. The molecular weight excluding hydrogens is 440 g/mol. The van der Waals surface area contributed by atoms with Crippen LogP contribution in [0.25, 0.3) is 0 Å². The van der Waals surface area contributed by atoms with Crippen molar-refractivity contribution in [2.45, 2.75) is 93.8 Å². The molecule has 0 aliphatic carbocycles. The molecule has 0 unspecified atom stereocenters. The number of hydrogen-bond donors (Lipinski definition) is 0. The molecule has 0 saturated heterocycles. The molecule has 4 heteroatoms. The van der Waals surface area contributed by atoms with Gasteiger partial charge in [0.05, 0.1) is 0 Å². The van der Waals surface area contributed by atoms with Crippen LogP contribution in [-0.2, 0) is 0 Å². The Labute approximate surface area is 169 Å². The van der Waals surface area contributed by atoms with Crippen molar-refractivity contribution in [2.75, 3.05) is 5.75 Å². The van der Waals surface area contributed by atoms with Gasteiger partial charge in [0.2, 0.25) is 0 Å². The van der Waals surface area contributed by atoms with E-state index in [-0.39, 0.29) is 0 Å². The van der Waals surface area contributed by atoms with Gasteiger partial charge in [-0.15, -0.1) is 0 Å². The summed E-state index contributed by atoms with van der Waals surface area (Å²) in [5, 5.41) is 0.686. The van der Waals surface area contributed by atoms with Gasteiger partial charge in [0, 0.05) is 0 Å². The molecule has 24 heavy (non-hydrogen) atoms. The van der Waals surface area contributed by atoms with E-state index in [1.807, 2.05) is 11.8 Å². The summed E-state index contributed by atoms with van der Waals surface area (Å²) in [4.78, 5) is 5.70. The van der Waals surface area contributed by atoms with E-state index >= 15 is 0 Å². The molecule has 2 radical (unpaired) electrons. The first-order valence-corrected chi connectivity index (χ1v) is 13.9. The van der Waals surface area contributed by atoms with Crippen molar-refractivity contribution in [2.24, 2.45) is 0 Å². The van der Waals surface area contributed by atoms with E-state index in [1.165, 1.54) is 62.7 Å². The van der Waals surface area contributed by atoms with Crippen LogP contribution >= 0.6 is 23.4 Å². The second kappa shape index (κ2) is 12.9. The van der Waals surface area contributed by atoms with E-state index in [0.717, 1.165) is 5.75 Å². The quantitative estimate of drug-likeness (QED) is 0.175. The van der Waals surface area contributed by atoms with E-state index in [1.54, 1.807) is 3.58 Å². The van der Waals surface area contributed by atoms with Gasteiger partial charge in [-0.25, -0.2) is 0 Å². The fraction of sp³-hybridized carbons (Fsp3) is 0.750. The van der Waals surface area contributed by atoms with Crippen LogP contribution in [-0.4, -0.2) is 31.9 Å². The van der Waals surface area contributed by atoms with Crippen LogP contribution in [0.2, 0.25) is 8.58 Å². The molecular formula is C20H34ClNSSn. The molecule has 136 valence electrons. The van der Waals surface area contributed by atoms with Crippen molar-refractivity contribution < 1.29 is 0 Å². The Balaban J connectivity index is 3.00. The summed E-state index contributed by atoms with van der Waals surface area (Å²) in [6.45, 7) is 9.17.